The third-order valence-corrected chi connectivity index (χ3v) is 3.20. The number of halogens is 1. The summed E-state index contributed by atoms with van der Waals surface area (Å²) in [4.78, 5) is 16.1. The van der Waals surface area contributed by atoms with Crippen molar-refractivity contribution in [3.8, 4) is 0 Å². The van der Waals surface area contributed by atoms with E-state index in [0.29, 0.717) is 12.1 Å². The predicted octanol–water partition coefficient (Wildman–Crippen LogP) is 2.37. The Kier molecular flexibility index (Phi) is 5.28. The molecule has 18 heavy (non-hydrogen) atoms. The van der Waals surface area contributed by atoms with Crippen LogP contribution in [0.4, 0.5) is 0 Å². The molecule has 1 aromatic rings. The van der Waals surface area contributed by atoms with Crippen LogP contribution in [0.15, 0.2) is 22.8 Å². The van der Waals surface area contributed by atoms with Gasteiger partial charge in [-0.2, -0.15) is 0 Å². The summed E-state index contributed by atoms with van der Waals surface area (Å²) in [5.74, 6) is -0.212. The number of aliphatic hydroxyl groups excluding tert-OH is 1. The van der Waals surface area contributed by atoms with Gasteiger partial charge in [0.25, 0.3) is 5.91 Å². The zero-order chi connectivity index (χ0) is 13.8. The van der Waals surface area contributed by atoms with Crippen LogP contribution in [-0.4, -0.2) is 28.6 Å². The van der Waals surface area contributed by atoms with Crippen molar-refractivity contribution in [2.75, 3.05) is 6.61 Å². The number of hydrogen-bond acceptors (Lipinski definition) is 3. The van der Waals surface area contributed by atoms with Gasteiger partial charge in [-0.15, -0.1) is 0 Å². The highest BCUT2D eigenvalue weighted by Gasteiger charge is 2.26. The van der Waals surface area contributed by atoms with Gasteiger partial charge < -0.3 is 10.4 Å². The summed E-state index contributed by atoms with van der Waals surface area (Å²) >= 11 is 3.27. The van der Waals surface area contributed by atoms with Crippen LogP contribution in [0, 0.1) is 5.41 Å². The van der Waals surface area contributed by atoms with Crippen molar-refractivity contribution in [2.45, 2.75) is 33.2 Å². The monoisotopic (exact) mass is 314 g/mol. The molecule has 0 saturated heterocycles. The van der Waals surface area contributed by atoms with Crippen LogP contribution >= 0.6 is 15.9 Å². The van der Waals surface area contributed by atoms with Gasteiger partial charge in [-0.3, -0.25) is 4.79 Å². The minimum atomic E-state index is -0.212. The van der Waals surface area contributed by atoms with E-state index in [2.05, 4.69) is 26.2 Å². The first kappa shape index (κ1) is 15.1. The summed E-state index contributed by atoms with van der Waals surface area (Å²) in [6.45, 7) is 6.14. The highest BCUT2D eigenvalue weighted by Crippen LogP contribution is 2.22. The molecule has 0 spiro atoms. The molecule has 1 aromatic heterocycles. The van der Waals surface area contributed by atoms with Gasteiger partial charge in [-0.1, -0.05) is 20.8 Å². The molecule has 100 valence electrons. The van der Waals surface area contributed by atoms with Crippen molar-refractivity contribution < 1.29 is 9.90 Å². The topological polar surface area (TPSA) is 62.2 Å². The Balaban J connectivity index is 2.75. The Bertz CT molecular complexity index is 398. The second kappa shape index (κ2) is 6.29. The van der Waals surface area contributed by atoms with E-state index in [0.717, 1.165) is 4.47 Å². The smallest absolute Gasteiger partial charge is 0.270 e. The quantitative estimate of drug-likeness (QED) is 0.897. The summed E-state index contributed by atoms with van der Waals surface area (Å²) < 4.78 is 0.835. The van der Waals surface area contributed by atoms with Crippen molar-refractivity contribution in [3.05, 3.63) is 28.5 Å². The molecule has 0 aliphatic heterocycles. The summed E-state index contributed by atoms with van der Waals surface area (Å²) in [7, 11) is 0. The van der Waals surface area contributed by atoms with E-state index in [4.69, 9.17) is 5.11 Å². The average Bonchev–Trinajstić information content (AvgIpc) is 2.28. The molecule has 0 bridgehead atoms. The second-order valence-electron chi connectivity index (χ2n) is 5.27. The second-order valence-corrected chi connectivity index (χ2v) is 6.18. The van der Waals surface area contributed by atoms with E-state index in [1.807, 2.05) is 20.8 Å². The summed E-state index contributed by atoms with van der Waals surface area (Å²) in [6, 6.07) is 3.36. The van der Waals surface area contributed by atoms with Gasteiger partial charge >= 0.3 is 0 Å². The largest absolute Gasteiger partial charge is 0.396 e. The van der Waals surface area contributed by atoms with E-state index in [1.165, 1.54) is 0 Å². The Labute approximate surface area is 116 Å². The highest BCUT2D eigenvalue weighted by atomic mass is 79.9. The number of aromatic nitrogens is 1. The van der Waals surface area contributed by atoms with Crippen molar-refractivity contribution >= 4 is 21.8 Å². The lowest BCUT2D eigenvalue weighted by Crippen LogP contribution is -2.44. The number of pyridine rings is 1. The maximum atomic E-state index is 12.0. The van der Waals surface area contributed by atoms with Gasteiger partial charge in [0, 0.05) is 23.3 Å². The van der Waals surface area contributed by atoms with Gasteiger partial charge in [-0.25, -0.2) is 4.98 Å². The lowest BCUT2D eigenvalue weighted by atomic mass is 9.85. The number of rotatable bonds is 4. The fourth-order valence-corrected chi connectivity index (χ4v) is 1.83. The fraction of sp³-hybridized carbons (Fsp3) is 0.538. The molecule has 5 heteroatoms. The van der Waals surface area contributed by atoms with Crippen LogP contribution in [0.25, 0.3) is 0 Å². The van der Waals surface area contributed by atoms with Gasteiger partial charge in [0.1, 0.15) is 5.69 Å². The van der Waals surface area contributed by atoms with E-state index in [-0.39, 0.29) is 24.0 Å². The molecule has 2 N–H and O–H groups in total. The van der Waals surface area contributed by atoms with Crippen LogP contribution in [0.2, 0.25) is 0 Å². The van der Waals surface area contributed by atoms with Crippen molar-refractivity contribution in [3.63, 3.8) is 0 Å². The van der Waals surface area contributed by atoms with Crippen LogP contribution in [0.3, 0.4) is 0 Å². The molecule has 0 aliphatic carbocycles. The SMILES string of the molecule is CC(C)(C)[C@@H](CCO)NC(=O)c1ccc(Br)cn1. The first-order valence-electron chi connectivity index (χ1n) is 5.88. The zero-order valence-electron chi connectivity index (χ0n) is 10.9. The number of amides is 1. The van der Waals surface area contributed by atoms with Gasteiger partial charge in [0.05, 0.1) is 0 Å². The van der Waals surface area contributed by atoms with Crippen LogP contribution in [0.5, 0.6) is 0 Å². The third-order valence-electron chi connectivity index (χ3n) is 2.73. The molecular formula is C13H19BrN2O2. The maximum Gasteiger partial charge on any atom is 0.270 e. The normalized spacial score (nSPS) is 13.2. The average molecular weight is 315 g/mol. The molecule has 1 rings (SSSR count). The van der Waals surface area contributed by atoms with E-state index in [9.17, 15) is 4.79 Å². The number of hydrogen-bond donors (Lipinski definition) is 2. The first-order chi connectivity index (χ1) is 8.34. The van der Waals surface area contributed by atoms with E-state index in [1.54, 1.807) is 18.3 Å². The van der Waals surface area contributed by atoms with Crippen LogP contribution in [0.1, 0.15) is 37.7 Å². The molecule has 1 atom stereocenters. The molecule has 0 saturated carbocycles. The predicted molar refractivity (Wildman–Crippen MR) is 74.3 cm³/mol. The van der Waals surface area contributed by atoms with Gasteiger partial charge in [-0.05, 0) is 39.9 Å². The van der Waals surface area contributed by atoms with Crippen molar-refractivity contribution in [1.29, 1.82) is 0 Å². The standard InChI is InChI=1S/C13H19BrN2O2/c1-13(2,3)11(6-7-17)16-12(18)10-5-4-9(14)8-15-10/h4-5,8,11,17H,6-7H2,1-3H3,(H,16,18)/t11-/m1/s1. The molecule has 0 aromatic carbocycles. The van der Waals surface area contributed by atoms with Crippen LogP contribution in [-0.2, 0) is 0 Å². The number of carbonyl (C=O) groups excluding carboxylic acids is 1. The number of nitrogens with one attached hydrogen (secondary N) is 1. The zero-order valence-corrected chi connectivity index (χ0v) is 12.5. The molecule has 0 aliphatic rings. The molecule has 1 heterocycles. The van der Waals surface area contributed by atoms with Crippen LogP contribution < -0.4 is 5.32 Å². The Morgan fingerprint density at radius 2 is 2.17 bits per heavy atom. The number of carbonyl (C=O) groups is 1. The minimum Gasteiger partial charge on any atom is -0.396 e. The minimum absolute atomic E-state index is 0.0516. The summed E-state index contributed by atoms with van der Waals surface area (Å²) in [5, 5.41) is 12.0. The molecule has 0 fully saturated rings. The molecule has 1 amide bonds. The Morgan fingerprint density at radius 3 is 2.61 bits per heavy atom. The number of aliphatic hydroxyl groups is 1. The summed E-state index contributed by atoms with van der Waals surface area (Å²) in [5.41, 5.74) is 0.277. The lowest BCUT2D eigenvalue weighted by molar-refractivity contribution is 0.0880. The van der Waals surface area contributed by atoms with Crippen molar-refractivity contribution in [2.24, 2.45) is 5.41 Å². The summed E-state index contributed by atoms with van der Waals surface area (Å²) in [6.07, 6.45) is 2.12. The molecule has 4 nitrogen and oxygen atoms in total. The van der Waals surface area contributed by atoms with Gasteiger partial charge in [0.15, 0.2) is 0 Å². The van der Waals surface area contributed by atoms with Gasteiger partial charge in [0.2, 0.25) is 0 Å². The maximum absolute atomic E-state index is 12.0. The lowest BCUT2D eigenvalue weighted by Gasteiger charge is -2.31. The molecular weight excluding hydrogens is 296 g/mol. The molecule has 0 radical (unpaired) electrons. The first-order valence-corrected chi connectivity index (χ1v) is 6.67. The number of nitrogens with zero attached hydrogens (tertiary/aromatic N) is 1. The Morgan fingerprint density at radius 1 is 1.50 bits per heavy atom. The fourth-order valence-electron chi connectivity index (χ4n) is 1.59. The third kappa shape index (κ3) is 4.38. The van der Waals surface area contributed by atoms with Crippen molar-refractivity contribution in [1.82, 2.24) is 10.3 Å². The van der Waals surface area contributed by atoms with E-state index < -0.39 is 0 Å². The van der Waals surface area contributed by atoms with E-state index >= 15 is 0 Å². The highest BCUT2D eigenvalue weighted by molar-refractivity contribution is 9.10. The molecule has 0 unspecified atom stereocenters. The Hall–Kier alpha value is -0.940.